The van der Waals surface area contributed by atoms with Crippen LogP contribution < -0.4 is 0 Å². The van der Waals surface area contributed by atoms with E-state index in [2.05, 4.69) is 41.8 Å². The van der Waals surface area contributed by atoms with Crippen LogP contribution in [0.4, 0.5) is 0 Å². The van der Waals surface area contributed by atoms with Gasteiger partial charge in [0.25, 0.3) is 0 Å². The van der Waals surface area contributed by atoms with Crippen molar-refractivity contribution in [3.8, 4) is 27.9 Å². The van der Waals surface area contributed by atoms with Crippen LogP contribution in [0, 0.1) is 0 Å². The van der Waals surface area contributed by atoms with Crippen molar-refractivity contribution in [2.24, 2.45) is 0 Å². The molecule has 0 radical (unpaired) electrons. The molecule has 0 atom stereocenters. The van der Waals surface area contributed by atoms with E-state index in [-0.39, 0.29) is 29.7 Å². The van der Waals surface area contributed by atoms with Crippen molar-refractivity contribution in [3.05, 3.63) is 133 Å². The first-order valence-electron chi connectivity index (χ1n) is 15.0. The molecule has 0 spiro atoms. The number of benzene rings is 6. The van der Waals surface area contributed by atoms with Crippen LogP contribution in [-0.2, 0) is 6.42 Å². The Balaban J connectivity index is 1.57. The average Bonchev–Trinajstić information content (AvgIpc) is 3.41. The van der Waals surface area contributed by atoms with Gasteiger partial charge in [-0.15, -0.1) is 0 Å². The van der Waals surface area contributed by atoms with E-state index in [1.165, 1.54) is 0 Å². The molecule has 6 aromatic carbocycles. The van der Waals surface area contributed by atoms with E-state index >= 15 is 0 Å². The van der Waals surface area contributed by atoms with Gasteiger partial charge in [-0.25, -0.2) is 4.98 Å². The molecule has 0 aliphatic rings. The highest BCUT2D eigenvalue weighted by Crippen LogP contribution is 2.43. The van der Waals surface area contributed by atoms with Gasteiger partial charge < -0.3 is 0 Å². The second kappa shape index (κ2) is 8.76. The monoisotopic (exact) mass is 479 g/mol. The molecule has 0 bridgehead atoms. The lowest BCUT2D eigenvalue weighted by Crippen LogP contribution is -2.00. The van der Waals surface area contributed by atoms with E-state index in [1.54, 1.807) is 0 Å². The number of hydrogen-bond donors (Lipinski definition) is 0. The van der Waals surface area contributed by atoms with Gasteiger partial charge in [0.15, 0.2) is 0 Å². The van der Waals surface area contributed by atoms with Crippen LogP contribution in [0.2, 0.25) is 0 Å². The van der Waals surface area contributed by atoms with E-state index in [0.29, 0.717) is 5.56 Å². The summed E-state index contributed by atoms with van der Waals surface area (Å²) in [6.07, 6.45) is 0.789. The first-order chi connectivity index (χ1) is 20.4. The number of imidazole rings is 1. The number of hydrogen-bond acceptors (Lipinski definition) is 1. The molecule has 1 aromatic heterocycles. The topological polar surface area (TPSA) is 17.8 Å². The zero-order valence-electron chi connectivity index (χ0n) is 25.3. The highest BCUT2D eigenvalue weighted by atomic mass is 15.1. The number of rotatable bonds is 4. The first kappa shape index (κ1) is 16.9. The summed E-state index contributed by atoms with van der Waals surface area (Å²) in [6.45, 7) is 2.11. The summed E-state index contributed by atoms with van der Waals surface area (Å²) in [4.78, 5) is 4.88. The quantitative estimate of drug-likeness (QED) is 0.230. The van der Waals surface area contributed by atoms with Crippen molar-refractivity contribution in [1.82, 2.24) is 9.55 Å². The van der Waals surface area contributed by atoms with Gasteiger partial charge in [0.05, 0.1) is 17.9 Å². The Kier molecular flexibility index (Phi) is 4.00. The highest BCUT2D eigenvalue weighted by Gasteiger charge is 2.17. The van der Waals surface area contributed by atoms with E-state index < -0.39 is 6.04 Å². The normalized spacial score (nSPS) is 13.4. The molecule has 0 amide bonds. The highest BCUT2D eigenvalue weighted by molar-refractivity contribution is 6.21. The number of aromatic nitrogens is 2. The Morgan fingerprint density at radius 3 is 1.89 bits per heavy atom. The summed E-state index contributed by atoms with van der Waals surface area (Å²) in [7, 11) is 0. The molecule has 0 unspecified atom stereocenters. The molecule has 2 heteroatoms. The van der Waals surface area contributed by atoms with Gasteiger partial charge in [0, 0.05) is 12.1 Å². The van der Waals surface area contributed by atoms with Crippen LogP contribution in [0.3, 0.4) is 0 Å². The SMILES string of the molecule is [2H]c1c([2H])c([2H])c(-c2c3ccccc3c(-c3cccc(-n4c(CC)nc5ccccc54)c3)c3ccccc23)c([2H])c1[2H]. The third-order valence-electron chi connectivity index (χ3n) is 7.02. The molecule has 0 saturated carbocycles. The molecule has 176 valence electrons. The fourth-order valence-electron chi connectivity index (χ4n) is 5.49. The summed E-state index contributed by atoms with van der Waals surface area (Å²) in [5.74, 6) is 0.986. The van der Waals surface area contributed by atoms with Crippen LogP contribution in [0.25, 0.3) is 60.5 Å². The molecule has 0 fully saturated rings. The molecular weight excluding hydrogens is 448 g/mol. The molecule has 7 rings (SSSR count). The number of nitrogens with zero attached hydrogens (tertiary/aromatic N) is 2. The van der Waals surface area contributed by atoms with Gasteiger partial charge in [-0.1, -0.05) is 110 Å². The first-order valence-corrected chi connectivity index (χ1v) is 12.5. The van der Waals surface area contributed by atoms with Crippen LogP contribution in [0.15, 0.2) is 127 Å². The summed E-state index contributed by atoms with van der Waals surface area (Å²) in [5.41, 5.74) is 5.93. The fraction of sp³-hybridized carbons (Fsp3) is 0.0571. The second-order valence-electron chi connectivity index (χ2n) is 9.10. The lowest BCUT2D eigenvalue weighted by atomic mass is 9.86. The Morgan fingerprint density at radius 1 is 0.649 bits per heavy atom. The molecule has 37 heavy (non-hydrogen) atoms. The van der Waals surface area contributed by atoms with E-state index in [9.17, 15) is 0 Å². The molecular formula is C35H26N2. The molecule has 1 heterocycles. The third kappa shape index (κ3) is 3.45. The van der Waals surface area contributed by atoms with E-state index in [0.717, 1.165) is 61.6 Å². The Morgan fingerprint density at radius 2 is 1.24 bits per heavy atom. The van der Waals surface area contributed by atoms with Gasteiger partial charge in [0.2, 0.25) is 0 Å². The summed E-state index contributed by atoms with van der Waals surface area (Å²) >= 11 is 0. The molecule has 2 nitrogen and oxygen atoms in total. The van der Waals surface area contributed by atoms with Gasteiger partial charge in [-0.2, -0.15) is 0 Å². The molecule has 0 aliphatic carbocycles. The van der Waals surface area contributed by atoms with Gasteiger partial charge in [-0.05, 0) is 68.1 Å². The lowest BCUT2D eigenvalue weighted by molar-refractivity contribution is 0.908. The standard InChI is InChI=1S/C35H26N2/c1-2-33-36-31-21-10-11-22-32(31)37(33)26-16-12-15-25(23-26)35-29-19-8-6-17-27(29)34(24-13-4-3-5-14-24)28-18-7-9-20-30(28)35/h3-23H,2H2,1H3/i3D,4D,5D,13D,14D. The van der Waals surface area contributed by atoms with Gasteiger partial charge in [0.1, 0.15) is 5.82 Å². The summed E-state index contributed by atoms with van der Waals surface area (Å²) < 4.78 is 44.6. The van der Waals surface area contributed by atoms with Crippen LogP contribution >= 0.6 is 0 Å². The minimum absolute atomic E-state index is 0.204. The number of para-hydroxylation sites is 2. The van der Waals surface area contributed by atoms with Crippen molar-refractivity contribution in [2.75, 3.05) is 0 Å². The summed E-state index contributed by atoms with van der Waals surface area (Å²) in [6, 6.07) is 31.0. The predicted octanol–water partition coefficient (Wildman–Crippen LogP) is 9.23. The fourth-order valence-corrected chi connectivity index (χ4v) is 5.49. The van der Waals surface area contributed by atoms with Crippen LogP contribution in [0.5, 0.6) is 0 Å². The number of aryl methyl sites for hydroxylation is 1. The molecule has 0 N–H and O–H groups in total. The largest absolute Gasteiger partial charge is 0.296 e. The van der Waals surface area contributed by atoms with Crippen molar-refractivity contribution in [1.29, 1.82) is 0 Å². The Labute approximate surface area is 223 Å². The van der Waals surface area contributed by atoms with Crippen molar-refractivity contribution in [2.45, 2.75) is 13.3 Å². The zero-order chi connectivity index (χ0) is 29.1. The van der Waals surface area contributed by atoms with Crippen molar-refractivity contribution in [3.63, 3.8) is 0 Å². The van der Waals surface area contributed by atoms with Gasteiger partial charge >= 0.3 is 0 Å². The molecule has 7 aromatic rings. The van der Waals surface area contributed by atoms with Crippen LogP contribution in [-0.4, -0.2) is 9.55 Å². The molecule has 0 aliphatic heterocycles. The van der Waals surface area contributed by atoms with Crippen molar-refractivity contribution < 1.29 is 6.85 Å². The smallest absolute Gasteiger partial charge is 0.114 e. The minimum atomic E-state index is -0.394. The number of fused-ring (bicyclic) bond motifs is 3. The van der Waals surface area contributed by atoms with Crippen LogP contribution in [0.1, 0.15) is 19.6 Å². The molecule has 0 saturated heterocycles. The Bertz CT molecular complexity index is 2110. The second-order valence-corrected chi connectivity index (χ2v) is 9.10. The maximum Gasteiger partial charge on any atom is 0.114 e. The summed E-state index contributed by atoms with van der Waals surface area (Å²) in [5, 5.41) is 3.55. The third-order valence-corrected chi connectivity index (χ3v) is 7.02. The van der Waals surface area contributed by atoms with Crippen molar-refractivity contribution >= 4 is 32.6 Å². The minimum Gasteiger partial charge on any atom is -0.296 e. The van der Waals surface area contributed by atoms with E-state index in [1.807, 2.05) is 66.7 Å². The zero-order valence-corrected chi connectivity index (χ0v) is 20.3. The maximum absolute atomic E-state index is 8.77. The van der Waals surface area contributed by atoms with E-state index in [4.69, 9.17) is 11.8 Å². The Hall–Kier alpha value is -4.69. The average molecular weight is 480 g/mol. The lowest BCUT2D eigenvalue weighted by Gasteiger charge is -2.18. The predicted molar refractivity (Wildman–Crippen MR) is 156 cm³/mol. The maximum atomic E-state index is 8.77. The van der Waals surface area contributed by atoms with Gasteiger partial charge in [-0.3, -0.25) is 4.57 Å².